The van der Waals surface area contributed by atoms with Crippen molar-refractivity contribution in [1.82, 2.24) is 0 Å². The lowest BCUT2D eigenvalue weighted by Crippen LogP contribution is -2.54. The summed E-state index contributed by atoms with van der Waals surface area (Å²) in [5.74, 6) is -1.30. The maximum Gasteiger partial charge on any atom is 0.252 e. The summed E-state index contributed by atoms with van der Waals surface area (Å²) in [6.07, 6.45) is 0. The van der Waals surface area contributed by atoms with E-state index in [-0.39, 0.29) is 11.5 Å². The maximum atomic E-state index is 13.0. The predicted octanol–water partition coefficient (Wildman–Crippen LogP) is 2.64. The maximum absolute atomic E-state index is 13.0. The minimum Gasteiger partial charge on any atom is -0.366 e. The highest BCUT2D eigenvalue weighted by atomic mass is 32.2. The molecule has 0 bridgehead atoms. The van der Waals surface area contributed by atoms with Gasteiger partial charge in [0, 0.05) is 22.7 Å². The Morgan fingerprint density at radius 3 is 2.62 bits per heavy atom. The number of nitrogens with one attached hydrogen (secondary N) is 1. The number of hydrogen-bond donors (Lipinski definition) is 2. The molecule has 7 heteroatoms. The molecule has 134 valence electrons. The highest BCUT2D eigenvalue weighted by Gasteiger charge is 2.48. The lowest BCUT2D eigenvalue weighted by Gasteiger charge is -2.38. The molecule has 0 fully saturated rings. The van der Waals surface area contributed by atoms with Crippen molar-refractivity contribution in [3.05, 3.63) is 54.1 Å². The van der Waals surface area contributed by atoms with E-state index in [0.717, 1.165) is 10.6 Å². The van der Waals surface area contributed by atoms with Gasteiger partial charge in [-0.25, -0.2) is 0 Å². The summed E-state index contributed by atoms with van der Waals surface area (Å²) < 4.78 is -1.31. The Hall–Kier alpha value is -2.80. The summed E-state index contributed by atoms with van der Waals surface area (Å²) in [5, 5.41) is 2.74. The smallest absolute Gasteiger partial charge is 0.252 e. The molecule has 3 amide bonds. The molecular formula is C19H19N3O3S. The second kappa shape index (κ2) is 6.84. The SMILES string of the molecule is CCN1C(=O)C(C)(C(=O)Nc2cccc(C(N)=O)c2)Sc2ccccc21. The van der Waals surface area contributed by atoms with E-state index in [1.807, 2.05) is 31.2 Å². The van der Waals surface area contributed by atoms with Gasteiger partial charge in [0.05, 0.1) is 5.69 Å². The monoisotopic (exact) mass is 369 g/mol. The van der Waals surface area contributed by atoms with Crippen molar-refractivity contribution in [2.75, 3.05) is 16.8 Å². The topological polar surface area (TPSA) is 92.5 Å². The average Bonchev–Trinajstić information content (AvgIpc) is 2.63. The molecule has 2 aromatic carbocycles. The number of hydrogen-bond acceptors (Lipinski definition) is 4. The number of thioether (sulfide) groups is 1. The molecule has 1 heterocycles. The van der Waals surface area contributed by atoms with Gasteiger partial charge in [0.25, 0.3) is 5.91 Å². The lowest BCUT2D eigenvalue weighted by atomic mass is 10.1. The van der Waals surface area contributed by atoms with E-state index >= 15 is 0 Å². The fraction of sp³-hybridized carbons (Fsp3) is 0.211. The van der Waals surface area contributed by atoms with Crippen LogP contribution in [0.3, 0.4) is 0 Å². The average molecular weight is 369 g/mol. The highest BCUT2D eigenvalue weighted by Crippen LogP contribution is 2.45. The molecule has 1 aliphatic heterocycles. The van der Waals surface area contributed by atoms with Crippen molar-refractivity contribution in [3.8, 4) is 0 Å². The molecule has 0 spiro atoms. The van der Waals surface area contributed by atoms with Crippen molar-refractivity contribution < 1.29 is 14.4 Å². The first-order valence-electron chi connectivity index (χ1n) is 8.18. The third kappa shape index (κ3) is 3.06. The normalized spacial score (nSPS) is 19.0. The Morgan fingerprint density at radius 2 is 1.92 bits per heavy atom. The molecule has 0 saturated carbocycles. The van der Waals surface area contributed by atoms with Gasteiger partial charge in [0.2, 0.25) is 11.8 Å². The van der Waals surface area contributed by atoms with Gasteiger partial charge in [0.15, 0.2) is 4.75 Å². The van der Waals surface area contributed by atoms with Crippen LogP contribution in [0.5, 0.6) is 0 Å². The number of primary amides is 1. The van der Waals surface area contributed by atoms with Gasteiger partial charge in [-0.2, -0.15) is 0 Å². The van der Waals surface area contributed by atoms with E-state index < -0.39 is 16.6 Å². The fourth-order valence-electron chi connectivity index (χ4n) is 2.85. The summed E-state index contributed by atoms with van der Waals surface area (Å²) in [6, 6.07) is 13.9. The zero-order chi connectivity index (χ0) is 18.9. The Kier molecular flexibility index (Phi) is 4.73. The minimum atomic E-state index is -1.31. The van der Waals surface area contributed by atoms with Gasteiger partial charge >= 0.3 is 0 Å². The molecule has 26 heavy (non-hydrogen) atoms. The lowest BCUT2D eigenvalue weighted by molar-refractivity contribution is -0.128. The number of benzene rings is 2. The molecule has 3 N–H and O–H groups in total. The van der Waals surface area contributed by atoms with Crippen LogP contribution in [0.15, 0.2) is 53.4 Å². The molecule has 0 saturated heterocycles. The number of nitrogens with two attached hydrogens (primary N) is 1. The van der Waals surface area contributed by atoms with Crippen LogP contribution in [-0.4, -0.2) is 29.0 Å². The molecule has 1 atom stereocenters. The Balaban J connectivity index is 1.92. The molecule has 3 rings (SSSR count). The van der Waals surface area contributed by atoms with Crippen LogP contribution in [0.1, 0.15) is 24.2 Å². The first kappa shape index (κ1) is 18.0. The van der Waals surface area contributed by atoms with Crippen molar-refractivity contribution in [2.45, 2.75) is 23.5 Å². The van der Waals surface area contributed by atoms with Gasteiger partial charge in [0.1, 0.15) is 0 Å². The third-order valence-electron chi connectivity index (χ3n) is 4.28. The van der Waals surface area contributed by atoms with Gasteiger partial charge < -0.3 is 16.0 Å². The number of amides is 3. The third-order valence-corrected chi connectivity index (χ3v) is 5.61. The van der Waals surface area contributed by atoms with E-state index in [1.54, 1.807) is 30.0 Å². The van der Waals surface area contributed by atoms with Crippen LogP contribution in [0, 0.1) is 0 Å². The van der Waals surface area contributed by atoms with Gasteiger partial charge in [-0.05, 0) is 44.2 Å². The van der Waals surface area contributed by atoms with Crippen molar-refractivity contribution >= 4 is 40.9 Å². The van der Waals surface area contributed by atoms with Crippen molar-refractivity contribution in [2.24, 2.45) is 5.73 Å². The molecule has 6 nitrogen and oxygen atoms in total. The van der Waals surface area contributed by atoms with E-state index in [9.17, 15) is 14.4 Å². The van der Waals surface area contributed by atoms with E-state index in [0.29, 0.717) is 12.2 Å². The Bertz CT molecular complexity index is 899. The number of carbonyl (C=O) groups excluding carboxylic acids is 3. The predicted molar refractivity (Wildman–Crippen MR) is 102 cm³/mol. The van der Waals surface area contributed by atoms with Crippen LogP contribution >= 0.6 is 11.8 Å². The van der Waals surface area contributed by atoms with E-state index in [2.05, 4.69) is 5.32 Å². The van der Waals surface area contributed by atoms with E-state index in [1.165, 1.54) is 17.8 Å². The summed E-state index contributed by atoms with van der Waals surface area (Å²) in [5.41, 5.74) is 6.80. The number of anilines is 2. The Labute approximate surface area is 155 Å². The number of para-hydroxylation sites is 1. The number of carbonyl (C=O) groups is 3. The van der Waals surface area contributed by atoms with Gasteiger partial charge in [-0.1, -0.05) is 30.0 Å². The molecule has 0 aromatic heterocycles. The summed E-state index contributed by atoms with van der Waals surface area (Å²) in [7, 11) is 0. The minimum absolute atomic E-state index is 0.271. The second-order valence-corrected chi connectivity index (χ2v) is 7.51. The molecule has 2 aromatic rings. The first-order valence-corrected chi connectivity index (χ1v) is 9.00. The summed E-state index contributed by atoms with van der Waals surface area (Å²) >= 11 is 1.23. The van der Waals surface area contributed by atoms with Crippen LogP contribution < -0.4 is 16.0 Å². The quantitative estimate of drug-likeness (QED) is 0.811. The van der Waals surface area contributed by atoms with E-state index in [4.69, 9.17) is 5.73 Å². The van der Waals surface area contributed by atoms with Crippen molar-refractivity contribution in [3.63, 3.8) is 0 Å². The zero-order valence-corrected chi connectivity index (χ0v) is 15.3. The molecular weight excluding hydrogens is 350 g/mol. The highest BCUT2D eigenvalue weighted by molar-refractivity contribution is 8.02. The Morgan fingerprint density at radius 1 is 1.19 bits per heavy atom. The van der Waals surface area contributed by atoms with Gasteiger partial charge in [-0.15, -0.1) is 0 Å². The first-order chi connectivity index (χ1) is 12.4. The number of nitrogens with zero attached hydrogens (tertiary/aromatic N) is 1. The number of fused-ring (bicyclic) bond motifs is 1. The molecule has 0 aliphatic carbocycles. The molecule has 1 unspecified atom stereocenters. The zero-order valence-electron chi connectivity index (χ0n) is 14.5. The van der Waals surface area contributed by atoms with Crippen LogP contribution in [0.25, 0.3) is 0 Å². The van der Waals surface area contributed by atoms with Crippen LogP contribution in [-0.2, 0) is 9.59 Å². The van der Waals surface area contributed by atoms with Crippen LogP contribution in [0.4, 0.5) is 11.4 Å². The summed E-state index contributed by atoms with van der Waals surface area (Å²) in [6.45, 7) is 3.96. The molecule has 1 aliphatic rings. The summed E-state index contributed by atoms with van der Waals surface area (Å²) in [4.78, 5) is 39.8. The van der Waals surface area contributed by atoms with Crippen LogP contribution in [0.2, 0.25) is 0 Å². The van der Waals surface area contributed by atoms with Gasteiger partial charge in [-0.3, -0.25) is 14.4 Å². The fourth-order valence-corrected chi connectivity index (χ4v) is 4.07. The molecule has 0 radical (unpaired) electrons. The second-order valence-electron chi connectivity index (χ2n) is 6.05. The van der Waals surface area contributed by atoms with Crippen molar-refractivity contribution in [1.29, 1.82) is 0 Å². The number of rotatable bonds is 4. The largest absolute Gasteiger partial charge is 0.366 e. The standard InChI is InChI=1S/C19H19N3O3S/c1-3-22-14-9-4-5-10-15(14)26-19(2,18(22)25)17(24)21-13-8-6-7-12(11-13)16(20)23/h4-11H,3H2,1-2H3,(H2,20,23)(H,21,24).